The zero-order valence-electron chi connectivity index (χ0n) is 8.48. The third kappa shape index (κ3) is 1.95. The first-order valence-corrected chi connectivity index (χ1v) is 4.53. The van der Waals surface area contributed by atoms with E-state index in [1.165, 1.54) is 35.5 Å². The van der Waals surface area contributed by atoms with Crippen molar-refractivity contribution in [3.05, 3.63) is 46.5 Å². The van der Waals surface area contributed by atoms with Gasteiger partial charge in [-0.05, 0) is 12.1 Å². The molecule has 0 aliphatic rings. The number of carbonyl (C=O) groups excluding carboxylic acids is 1. The highest BCUT2D eigenvalue weighted by Gasteiger charge is 2.18. The van der Waals surface area contributed by atoms with Crippen molar-refractivity contribution in [3.8, 4) is 5.69 Å². The molecule has 0 unspecified atom stereocenters. The SMILES string of the molecule is NC(=O)c1cc(-n2cncn2)ccc1[N+](=O)[O-]. The Morgan fingerprint density at radius 3 is 2.76 bits per heavy atom. The summed E-state index contributed by atoms with van der Waals surface area (Å²) >= 11 is 0. The molecule has 1 amide bonds. The molecule has 0 aliphatic heterocycles. The first-order chi connectivity index (χ1) is 8.09. The molecule has 0 atom stereocenters. The first-order valence-electron chi connectivity index (χ1n) is 4.53. The highest BCUT2D eigenvalue weighted by molar-refractivity contribution is 5.97. The maximum absolute atomic E-state index is 11.1. The van der Waals surface area contributed by atoms with Crippen LogP contribution >= 0.6 is 0 Å². The molecule has 0 radical (unpaired) electrons. The van der Waals surface area contributed by atoms with E-state index in [1.54, 1.807) is 0 Å². The van der Waals surface area contributed by atoms with Crippen LogP contribution in [0.25, 0.3) is 5.69 Å². The smallest absolute Gasteiger partial charge is 0.282 e. The number of carbonyl (C=O) groups is 1. The van der Waals surface area contributed by atoms with E-state index < -0.39 is 10.8 Å². The van der Waals surface area contributed by atoms with Gasteiger partial charge in [0.15, 0.2) is 0 Å². The fraction of sp³-hybridized carbons (Fsp3) is 0. The molecule has 0 saturated heterocycles. The van der Waals surface area contributed by atoms with Gasteiger partial charge in [-0.25, -0.2) is 9.67 Å². The van der Waals surface area contributed by atoms with Crippen molar-refractivity contribution in [2.45, 2.75) is 0 Å². The molecule has 2 aromatic rings. The van der Waals surface area contributed by atoms with Crippen LogP contribution in [0.2, 0.25) is 0 Å². The van der Waals surface area contributed by atoms with Gasteiger partial charge in [0.05, 0.1) is 10.6 Å². The normalized spacial score (nSPS) is 10.1. The lowest BCUT2D eigenvalue weighted by Gasteiger charge is -2.03. The van der Waals surface area contributed by atoms with E-state index >= 15 is 0 Å². The molecule has 2 rings (SSSR count). The van der Waals surface area contributed by atoms with Gasteiger partial charge in [-0.3, -0.25) is 14.9 Å². The zero-order chi connectivity index (χ0) is 12.4. The Bertz CT molecular complexity index is 578. The maximum Gasteiger partial charge on any atom is 0.282 e. The third-order valence-corrected chi connectivity index (χ3v) is 2.13. The van der Waals surface area contributed by atoms with Gasteiger partial charge in [-0.2, -0.15) is 5.10 Å². The van der Waals surface area contributed by atoms with Gasteiger partial charge >= 0.3 is 0 Å². The molecule has 8 nitrogen and oxygen atoms in total. The Morgan fingerprint density at radius 1 is 1.47 bits per heavy atom. The van der Waals surface area contributed by atoms with E-state index in [0.717, 1.165) is 0 Å². The van der Waals surface area contributed by atoms with Gasteiger partial charge in [-0.1, -0.05) is 0 Å². The first kappa shape index (κ1) is 10.7. The van der Waals surface area contributed by atoms with Gasteiger partial charge < -0.3 is 5.73 Å². The lowest BCUT2D eigenvalue weighted by molar-refractivity contribution is -0.385. The third-order valence-electron chi connectivity index (χ3n) is 2.13. The molecule has 2 N–H and O–H groups in total. The summed E-state index contributed by atoms with van der Waals surface area (Å²) in [5.41, 5.74) is 5.06. The Labute approximate surface area is 94.8 Å². The van der Waals surface area contributed by atoms with Crippen molar-refractivity contribution in [2.24, 2.45) is 5.73 Å². The second-order valence-electron chi connectivity index (χ2n) is 3.16. The molecule has 0 aliphatic carbocycles. The molecule has 0 saturated carbocycles. The van der Waals surface area contributed by atoms with Gasteiger partial charge in [0.1, 0.15) is 18.2 Å². The Hall–Kier alpha value is -2.77. The van der Waals surface area contributed by atoms with Crippen LogP contribution in [0.15, 0.2) is 30.9 Å². The number of amides is 1. The van der Waals surface area contributed by atoms with Gasteiger partial charge in [-0.15, -0.1) is 0 Å². The molecule has 0 spiro atoms. The van der Waals surface area contributed by atoms with Crippen molar-refractivity contribution >= 4 is 11.6 Å². The monoisotopic (exact) mass is 233 g/mol. The number of nitro benzene ring substituents is 1. The maximum atomic E-state index is 11.1. The number of hydrogen-bond acceptors (Lipinski definition) is 5. The van der Waals surface area contributed by atoms with E-state index in [2.05, 4.69) is 10.1 Å². The van der Waals surface area contributed by atoms with Crippen LogP contribution in [0, 0.1) is 10.1 Å². The minimum Gasteiger partial charge on any atom is -0.365 e. The number of aromatic nitrogens is 3. The number of nitro groups is 1. The summed E-state index contributed by atoms with van der Waals surface area (Å²) in [4.78, 5) is 24.9. The summed E-state index contributed by atoms with van der Waals surface area (Å²) in [5.74, 6) is -0.862. The largest absolute Gasteiger partial charge is 0.365 e. The molecule has 1 aromatic heterocycles. The number of primary amides is 1. The average Bonchev–Trinajstić information content (AvgIpc) is 2.81. The minimum absolute atomic E-state index is 0.164. The summed E-state index contributed by atoms with van der Waals surface area (Å²) in [7, 11) is 0. The second kappa shape index (κ2) is 4.00. The number of nitrogens with two attached hydrogens (primary N) is 1. The predicted octanol–water partition coefficient (Wildman–Crippen LogP) is 0.274. The van der Waals surface area contributed by atoms with E-state index in [4.69, 9.17) is 5.73 Å². The Balaban J connectivity index is 2.57. The van der Waals surface area contributed by atoms with Crippen LogP contribution in [0.5, 0.6) is 0 Å². The molecule has 1 heterocycles. The standard InChI is InChI=1S/C9H7N5O3/c10-9(15)7-3-6(13-5-11-4-12-13)1-2-8(7)14(16)17/h1-5H,(H2,10,15). The van der Waals surface area contributed by atoms with E-state index in [1.807, 2.05) is 0 Å². The predicted molar refractivity (Wildman–Crippen MR) is 56.5 cm³/mol. The molecule has 8 heteroatoms. The molecular weight excluding hydrogens is 226 g/mol. The fourth-order valence-electron chi connectivity index (χ4n) is 1.36. The Kier molecular flexibility index (Phi) is 2.53. The number of hydrogen-bond donors (Lipinski definition) is 1. The van der Waals surface area contributed by atoms with Crippen LogP contribution in [0.1, 0.15) is 10.4 Å². The minimum atomic E-state index is -0.862. The van der Waals surface area contributed by atoms with Crippen molar-refractivity contribution in [1.82, 2.24) is 14.8 Å². The van der Waals surface area contributed by atoms with Crippen molar-refractivity contribution in [1.29, 1.82) is 0 Å². The van der Waals surface area contributed by atoms with E-state index in [-0.39, 0.29) is 11.3 Å². The van der Waals surface area contributed by atoms with E-state index in [0.29, 0.717) is 5.69 Å². The summed E-state index contributed by atoms with van der Waals surface area (Å²) in [6, 6.07) is 3.96. The number of benzene rings is 1. The molecule has 17 heavy (non-hydrogen) atoms. The quantitative estimate of drug-likeness (QED) is 0.603. The summed E-state index contributed by atoms with van der Waals surface area (Å²) < 4.78 is 1.37. The summed E-state index contributed by atoms with van der Waals surface area (Å²) in [5, 5.41) is 14.5. The number of nitrogens with zero attached hydrogens (tertiary/aromatic N) is 4. The van der Waals surface area contributed by atoms with Crippen LogP contribution < -0.4 is 5.73 Å². The molecule has 0 fully saturated rings. The fourth-order valence-corrected chi connectivity index (χ4v) is 1.36. The van der Waals surface area contributed by atoms with E-state index in [9.17, 15) is 14.9 Å². The summed E-state index contributed by atoms with van der Waals surface area (Å²) in [6.45, 7) is 0. The molecule has 86 valence electrons. The van der Waals surface area contributed by atoms with Gasteiger partial charge in [0, 0.05) is 6.07 Å². The van der Waals surface area contributed by atoms with Crippen molar-refractivity contribution < 1.29 is 9.72 Å². The highest BCUT2D eigenvalue weighted by atomic mass is 16.6. The lowest BCUT2D eigenvalue weighted by atomic mass is 10.1. The lowest BCUT2D eigenvalue weighted by Crippen LogP contribution is -2.14. The van der Waals surface area contributed by atoms with Crippen LogP contribution in [-0.2, 0) is 0 Å². The van der Waals surface area contributed by atoms with Crippen LogP contribution in [0.4, 0.5) is 5.69 Å². The topological polar surface area (TPSA) is 117 Å². The average molecular weight is 233 g/mol. The van der Waals surface area contributed by atoms with Crippen molar-refractivity contribution in [3.63, 3.8) is 0 Å². The highest BCUT2D eigenvalue weighted by Crippen LogP contribution is 2.21. The van der Waals surface area contributed by atoms with Gasteiger partial charge in [0.25, 0.3) is 11.6 Å². The Morgan fingerprint density at radius 2 is 2.24 bits per heavy atom. The second-order valence-corrected chi connectivity index (χ2v) is 3.16. The molecular formula is C9H7N5O3. The van der Waals surface area contributed by atoms with Crippen molar-refractivity contribution in [2.75, 3.05) is 0 Å². The van der Waals surface area contributed by atoms with Crippen LogP contribution in [0.3, 0.4) is 0 Å². The molecule has 0 bridgehead atoms. The molecule has 1 aromatic carbocycles. The van der Waals surface area contributed by atoms with Crippen LogP contribution in [-0.4, -0.2) is 25.6 Å². The summed E-state index contributed by atoms with van der Waals surface area (Å²) in [6.07, 6.45) is 2.72. The van der Waals surface area contributed by atoms with Gasteiger partial charge in [0.2, 0.25) is 0 Å². The number of rotatable bonds is 3. The zero-order valence-corrected chi connectivity index (χ0v) is 8.48.